The molecule has 7 nitrogen and oxygen atoms in total. The standard InChI is InChI=1S/C18H18N4O3S2/c1-2-17(23)22-9-8-13-10-12(6-7-15(13)22)11-19-27(24,25)16-5-3-4-14-18(16)21-26-20-14/h3-7,10,19H,2,8-9,11H2,1H3. The van der Waals surface area contributed by atoms with E-state index in [1.165, 1.54) is 6.07 Å². The van der Waals surface area contributed by atoms with Gasteiger partial charge in [0.05, 0.1) is 11.7 Å². The molecule has 1 amide bonds. The zero-order valence-corrected chi connectivity index (χ0v) is 16.3. The molecule has 0 radical (unpaired) electrons. The first-order chi connectivity index (χ1) is 13.0. The molecular formula is C18H18N4O3S2. The van der Waals surface area contributed by atoms with Crippen LogP contribution in [0.1, 0.15) is 24.5 Å². The molecule has 0 saturated heterocycles. The van der Waals surface area contributed by atoms with Gasteiger partial charge in [-0.1, -0.05) is 25.1 Å². The SMILES string of the molecule is CCC(=O)N1CCc2cc(CNS(=O)(=O)c3cccc4nsnc34)ccc21. The number of nitrogens with zero attached hydrogens (tertiary/aromatic N) is 3. The third kappa shape index (κ3) is 3.33. The predicted molar refractivity (Wildman–Crippen MR) is 104 cm³/mol. The van der Waals surface area contributed by atoms with E-state index in [9.17, 15) is 13.2 Å². The summed E-state index contributed by atoms with van der Waals surface area (Å²) in [6, 6.07) is 10.6. The van der Waals surface area contributed by atoms with E-state index in [1.807, 2.05) is 25.1 Å². The van der Waals surface area contributed by atoms with Crippen LogP contribution < -0.4 is 9.62 Å². The third-order valence-corrected chi connectivity index (χ3v) is 6.62. The number of hydrogen-bond acceptors (Lipinski definition) is 6. The van der Waals surface area contributed by atoms with Gasteiger partial charge in [-0.05, 0) is 35.7 Å². The van der Waals surface area contributed by atoms with E-state index in [-0.39, 0.29) is 17.3 Å². The Hall–Kier alpha value is -2.36. The quantitative estimate of drug-likeness (QED) is 0.708. The van der Waals surface area contributed by atoms with E-state index in [0.29, 0.717) is 24.0 Å². The number of rotatable bonds is 5. The molecule has 0 spiro atoms. The van der Waals surface area contributed by atoms with E-state index in [0.717, 1.165) is 35.0 Å². The fourth-order valence-electron chi connectivity index (χ4n) is 3.27. The van der Waals surface area contributed by atoms with E-state index >= 15 is 0 Å². The summed E-state index contributed by atoms with van der Waals surface area (Å²) >= 11 is 0.991. The van der Waals surface area contributed by atoms with E-state index in [1.54, 1.807) is 17.0 Å². The minimum Gasteiger partial charge on any atom is -0.312 e. The minimum absolute atomic E-state index is 0.104. The van der Waals surface area contributed by atoms with Crippen molar-refractivity contribution in [1.29, 1.82) is 0 Å². The average Bonchev–Trinajstić information content (AvgIpc) is 3.31. The molecule has 4 rings (SSSR count). The van der Waals surface area contributed by atoms with Crippen LogP contribution in [0, 0.1) is 0 Å². The summed E-state index contributed by atoms with van der Waals surface area (Å²) in [6.07, 6.45) is 1.25. The van der Waals surface area contributed by atoms with Gasteiger partial charge in [0, 0.05) is 25.2 Å². The lowest BCUT2D eigenvalue weighted by molar-refractivity contribution is -0.118. The van der Waals surface area contributed by atoms with Crippen molar-refractivity contribution in [3.63, 3.8) is 0 Å². The normalized spacial score (nSPS) is 13.9. The molecule has 2 heterocycles. The van der Waals surface area contributed by atoms with Crippen molar-refractivity contribution in [2.75, 3.05) is 11.4 Å². The fourth-order valence-corrected chi connectivity index (χ4v) is 5.05. The molecule has 2 aromatic carbocycles. The Morgan fingerprint density at radius 3 is 2.93 bits per heavy atom. The Labute approximate surface area is 161 Å². The van der Waals surface area contributed by atoms with Gasteiger partial charge in [-0.3, -0.25) is 4.79 Å². The maximum Gasteiger partial charge on any atom is 0.243 e. The summed E-state index contributed by atoms with van der Waals surface area (Å²) in [6.45, 7) is 2.70. The van der Waals surface area contributed by atoms with Crippen LogP contribution in [0.25, 0.3) is 11.0 Å². The molecule has 9 heteroatoms. The maximum absolute atomic E-state index is 12.7. The number of carbonyl (C=O) groups is 1. The largest absolute Gasteiger partial charge is 0.312 e. The molecule has 0 atom stereocenters. The zero-order chi connectivity index (χ0) is 19.0. The highest BCUT2D eigenvalue weighted by molar-refractivity contribution is 7.89. The molecule has 0 unspecified atom stereocenters. The number of aromatic nitrogens is 2. The molecule has 0 fully saturated rings. The number of fused-ring (bicyclic) bond motifs is 2. The van der Waals surface area contributed by atoms with Gasteiger partial charge in [0.25, 0.3) is 0 Å². The summed E-state index contributed by atoms with van der Waals surface area (Å²) in [5.74, 6) is 0.104. The molecular weight excluding hydrogens is 384 g/mol. The number of anilines is 1. The van der Waals surface area contributed by atoms with E-state index in [2.05, 4.69) is 13.5 Å². The van der Waals surface area contributed by atoms with Crippen LogP contribution in [-0.4, -0.2) is 29.6 Å². The van der Waals surface area contributed by atoms with Gasteiger partial charge in [0.15, 0.2) is 0 Å². The maximum atomic E-state index is 12.7. The van der Waals surface area contributed by atoms with Gasteiger partial charge in [-0.25, -0.2) is 13.1 Å². The highest BCUT2D eigenvalue weighted by Gasteiger charge is 2.24. The van der Waals surface area contributed by atoms with Crippen LogP contribution in [0.3, 0.4) is 0 Å². The van der Waals surface area contributed by atoms with E-state index in [4.69, 9.17) is 0 Å². The summed E-state index contributed by atoms with van der Waals surface area (Å²) < 4.78 is 36.2. The average molecular weight is 403 g/mol. The van der Waals surface area contributed by atoms with Gasteiger partial charge >= 0.3 is 0 Å². The molecule has 0 aliphatic carbocycles. The zero-order valence-electron chi connectivity index (χ0n) is 14.7. The van der Waals surface area contributed by atoms with E-state index < -0.39 is 10.0 Å². The summed E-state index contributed by atoms with van der Waals surface area (Å²) in [7, 11) is -3.71. The summed E-state index contributed by atoms with van der Waals surface area (Å²) in [5.41, 5.74) is 3.80. The van der Waals surface area contributed by atoms with Crippen LogP contribution >= 0.6 is 11.7 Å². The molecule has 1 aromatic heterocycles. The Morgan fingerprint density at radius 1 is 1.26 bits per heavy atom. The highest BCUT2D eigenvalue weighted by Crippen LogP contribution is 2.29. The summed E-state index contributed by atoms with van der Waals surface area (Å²) in [4.78, 5) is 13.9. The molecule has 1 N–H and O–H groups in total. The van der Waals surface area contributed by atoms with Crippen molar-refractivity contribution in [1.82, 2.24) is 13.5 Å². The van der Waals surface area contributed by atoms with Gasteiger partial charge in [-0.15, -0.1) is 0 Å². The fraction of sp³-hybridized carbons (Fsp3) is 0.278. The summed E-state index contributed by atoms with van der Waals surface area (Å²) in [5, 5.41) is 0. The molecule has 1 aliphatic heterocycles. The number of nitrogens with one attached hydrogen (secondary N) is 1. The van der Waals surface area contributed by atoms with Gasteiger partial charge in [0.2, 0.25) is 15.9 Å². The van der Waals surface area contributed by atoms with Crippen molar-refractivity contribution >= 4 is 44.4 Å². The molecule has 0 bridgehead atoms. The number of sulfonamides is 1. The monoisotopic (exact) mass is 402 g/mol. The van der Waals surface area contributed by atoms with Gasteiger partial charge in [-0.2, -0.15) is 8.75 Å². The predicted octanol–water partition coefficient (Wildman–Crippen LogP) is 2.47. The Bertz CT molecular complexity index is 1120. The molecule has 0 saturated carbocycles. The first-order valence-corrected chi connectivity index (χ1v) is 10.8. The van der Waals surface area contributed by atoms with Crippen LogP contribution in [0.15, 0.2) is 41.3 Å². The number of hydrogen-bond donors (Lipinski definition) is 1. The first kappa shape index (κ1) is 18.0. The van der Waals surface area contributed by atoms with Gasteiger partial charge in [0.1, 0.15) is 15.9 Å². The topological polar surface area (TPSA) is 92.3 Å². The molecule has 3 aromatic rings. The van der Waals surface area contributed by atoms with Crippen molar-refractivity contribution in [2.24, 2.45) is 0 Å². The lowest BCUT2D eigenvalue weighted by atomic mass is 10.1. The molecule has 1 aliphatic rings. The Morgan fingerprint density at radius 2 is 2.11 bits per heavy atom. The number of amides is 1. The van der Waals surface area contributed by atoms with Crippen molar-refractivity contribution in [2.45, 2.75) is 31.2 Å². The molecule has 140 valence electrons. The van der Waals surface area contributed by atoms with Crippen molar-refractivity contribution in [3.05, 3.63) is 47.5 Å². The second-order valence-corrected chi connectivity index (χ2v) is 8.59. The third-order valence-electron chi connectivity index (χ3n) is 4.65. The van der Waals surface area contributed by atoms with Crippen LogP contribution in [0.5, 0.6) is 0 Å². The van der Waals surface area contributed by atoms with Crippen LogP contribution in [0.2, 0.25) is 0 Å². The van der Waals surface area contributed by atoms with Crippen molar-refractivity contribution in [3.8, 4) is 0 Å². The smallest absolute Gasteiger partial charge is 0.243 e. The second-order valence-electron chi connectivity index (χ2n) is 6.32. The van der Waals surface area contributed by atoms with Gasteiger partial charge < -0.3 is 4.90 Å². The minimum atomic E-state index is -3.71. The number of carbonyl (C=O) groups excluding carboxylic acids is 1. The Kier molecular flexibility index (Phi) is 4.67. The van der Waals surface area contributed by atoms with Crippen LogP contribution in [0.4, 0.5) is 5.69 Å². The lowest BCUT2D eigenvalue weighted by Gasteiger charge is -2.16. The second kappa shape index (κ2) is 6.99. The highest BCUT2D eigenvalue weighted by atomic mass is 32.2. The number of benzene rings is 2. The van der Waals surface area contributed by atoms with Crippen LogP contribution in [-0.2, 0) is 27.8 Å². The Balaban J connectivity index is 1.54. The lowest BCUT2D eigenvalue weighted by Crippen LogP contribution is -2.27. The van der Waals surface area contributed by atoms with Crippen molar-refractivity contribution < 1.29 is 13.2 Å². The first-order valence-electron chi connectivity index (χ1n) is 8.62. The molecule has 27 heavy (non-hydrogen) atoms.